The van der Waals surface area contributed by atoms with Crippen LogP contribution >= 0.6 is 0 Å². The van der Waals surface area contributed by atoms with Crippen LogP contribution in [-0.4, -0.2) is 246 Å². The fraction of sp³-hybridized carbons (Fsp3) is 0.472. The summed E-state index contributed by atoms with van der Waals surface area (Å²) in [5.41, 5.74) is -0.229. The first kappa shape index (κ1) is 60.7. The third-order valence-electron chi connectivity index (χ3n) is 14.3. The number of phenols is 5. The van der Waals surface area contributed by atoms with Crippen LogP contribution in [0.25, 0.3) is 6.08 Å². The molecule has 30 heteroatoms. The Morgan fingerprint density at radius 3 is 1.43 bits per heavy atom. The van der Waals surface area contributed by atoms with Gasteiger partial charge < -0.3 is 139 Å². The maximum absolute atomic E-state index is 13.2. The SMILES string of the molecule is CC1OC(OCC2OC(OC3=Cc4c(O)cc(OC5OC(COC(=O)c6ccc(OC7OC(COC(=O)c8ccc(O)cc8)C(O)C(O)C7O)cc6)C(O)C(O)C5O)cc4[OH+]C3c3cc(O)c(O)c(O)c3)C(O)C(O)C2O)C(O)C(O)C1O. The smallest absolute Gasteiger partial charge is 0.338 e. The molecule has 452 valence electrons. The molecule has 5 aliphatic rings. The first-order valence-corrected chi connectivity index (χ1v) is 25.6. The minimum absolute atomic E-state index is 0.0135. The summed E-state index contributed by atoms with van der Waals surface area (Å²) in [5.74, 6) is -5.81. The van der Waals surface area contributed by atoms with Gasteiger partial charge in [-0.1, -0.05) is 0 Å². The minimum Gasteiger partial charge on any atom is -0.571 e. The molecule has 4 saturated heterocycles. The molecule has 83 heavy (non-hydrogen) atoms. The summed E-state index contributed by atoms with van der Waals surface area (Å²) in [6.45, 7) is -0.575. The van der Waals surface area contributed by atoms with Crippen LogP contribution in [0.4, 0.5) is 0 Å². The van der Waals surface area contributed by atoms with Crippen LogP contribution < -0.4 is 9.47 Å². The molecule has 21 unspecified atom stereocenters. The van der Waals surface area contributed by atoms with Crippen molar-refractivity contribution in [2.24, 2.45) is 0 Å². The summed E-state index contributed by atoms with van der Waals surface area (Å²) in [4.78, 5) is 25.7. The molecule has 9 rings (SSSR count). The van der Waals surface area contributed by atoms with Crippen molar-refractivity contribution in [3.63, 3.8) is 0 Å². The molecular formula is C53H61O30+. The van der Waals surface area contributed by atoms with Gasteiger partial charge in [-0.15, -0.1) is 0 Å². The third kappa shape index (κ3) is 12.9. The second kappa shape index (κ2) is 25.1. The summed E-state index contributed by atoms with van der Waals surface area (Å²) >= 11 is 0. The van der Waals surface area contributed by atoms with E-state index in [1.165, 1.54) is 67.6 Å². The average molecular weight is 1180 g/mol. The molecule has 0 spiro atoms. The molecule has 0 amide bonds. The molecular weight excluding hydrogens is 1120 g/mol. The standard InChI is InChI=1S/C53H60O30/c1-18-34(58)39(63)43(67)50(76-18)75-17-33-38(62)42(66)46(70)53(83-33)80-30-14-25-26(55)12-24(13-29(25)79-47(30)21-10-27(56)35(59)28(57)11-21)78-52-45(69)41(65)37(61)32(82-52)16-74-49(72)20-4-8-23(9-5-20)77-51-44(68)40(64)36(60)31(81-51)15-73-48(71)19-2-6-22(54)7-3-19/h2-14,18,31-34,36-47,50-70H,15-17H2,1H3/p+1. The lowest BCUT2D eigenvalue weighted by Crippen LogP contribution is -2.61. The van der Waals surface area contributed by atoms with Gasteiger partial charge in [0, 0.05) is 12.1 Å². The Labute approximate surface area is 468 Å². The quantitative estimate of drug-likeness (QED) is 0.0292. The van der Waals surface area contributed by atoms with Crippen LogP contribution in [0.2, 0.25) is 0 Å². The molecule has 0 saturated carbocycles. The van der Waals surface area contributed by atoms with Crippen molar-refractivity contribution in [2.75, 3.05) is 19.8 Å². The monoisotopic (exact) mass is 1180 g/mol. The molecule has 18 N–H and O–H groups in total. The van der Waals surface area contributed by atoms with E-state index in [1.807, 2.05) is 0 Å². The van der Waals surface area contributed by atoms with Crippen molar-refractivity contribution in [3.8, 4) is 46.0 Å². The molecule has 21 atom stereocenters. The number of benzene rings is 4. The van der Waals surface area contributed by atoms with Gasteiger partial charge in [0.05, 0.1) is 35.5 Å². The highest BCUT2D eigenvalue weighted by Gasteiger charge is 2.51. The topological polar surface area (TPSA) is 483 Å². The van der Waals surface area contributed by atoms with Gasteiger partial charge in [0.1, 0.15) is 133 Å². The third-order valence-corrected chi connectivity index (χ3v) is 14.3. The van der Waals surface area contributed by atoms with E-state index in [0.29, 0.717) is 0 Å². The number of aromatic hydroxyl groups is 6. The zero-order chi connectivity index (χ0) is 59.9. The van der Waals surface area contributed by atoms with Crippen LogP contribution in [-0.2, 0) is 37.9 Å². The number of hydrogen-bond donors (Lipinski definition) is 17. The number of aliphatic hydroxyl groups excluding tert-OH is 12. The summed E-state index contributed by atoms with van der Waals surface area (Å²) in [6.07, 6.45) is -34.5. The number of fused-ring (bicyclic) bond motifs is 1. The van der Waals surface area contributed by atoms with Gasteiger partial charge in [-0.05, 0) is 67.6 Å². The highest BCUT2D eigenvalue weighted by Crippen LogP contribution is 2.48. The van der Waals surface area contributed by atoms with Crippen molar-refractivity contribution in [1.29, 1.82) is 0 Å². The molecule has 4 aromatic carbocycles. The van der Waals surface area contributed by atoms with Crippen LogP contribution in [0, 0.1) is 0 Å². The Morgan fingerprint density at radius 1 is 0.470 bits per heavy atom. The molecule has 0 radical (unpaired) electrons. The van der Waals surface area contributed by atoms with Gasteiger partial charge in [-0.3, -0.25) is 0 Å². The van der Waals surface area contributed by atoms with E-state index in [4.69, 9.17) is 47.4 Å². The lowest BCUT2D eigenvalue weighted by Gasteiger charge is -2.42. The summed E-state index contributed by atoms with van der Waals surface area (Å²) in [5, 5.41) is 180. The Balaban J connectivity index is 0.851. The number of carbonyl (C=O) groups excluding carboxylic acids is 2. The maximum Gasteiger partial charge on any atom is 0.338 e. The number of ether oxygens (including phenoxy) is 11. The van der Waals surface area contributed by atoms with Gasteiger partial charge in [-0.2, -0.15) is 0 Å². The van der Waals surface area contributed by atoms with Crippen LogP contribution in [0.15, 0.2) is 78.6 Å². The fourth-order valence-electron chi connectivity index (χ4n) is 9.41. The fourth-order valence-corrected chi connectivity index (χ4v) is 9.41. The van der Waals surface area contributed by atoms with Gasteiger partial charge in [0.25, 0.3) is 11.9 Å². The zero-order valence-corrected chi connectivity index (χ0v) is 43.2. The Hall–Kier alpha value is -6.92. The number of rotatable bonds is 16. The predicted octanol–water partition coefficient (Wildman–Crippen LogP) is -3.69. The Kier molecular flexibility index (Phi) is 18.4. The first-order chi connectivity index (χ1) is 39.4. The maximum atomic E-state index is 13.2. The van der Waals surface area contributed by atoms with E-state index in [0.717, 1.165) is 18.2 Å². The minimum atomic E-state index is -2.00. The highest BCUT2D eigenvalue weighted by molar-refractivity contribution is 5.90. The van der Waals surface area contributed by atoms with E-state index < -0.39 is 184 Å². The second-order valence-corrected chi connectivity index (χ2v) is 20.0. The molecule has 4 fully saturated rings. The molecule has 4 aromatic rings. The molecule has 30 nitrogen and oxygen atoms in total. The van der Waals surface area contributed by atoms with Crippen molar-refractivity contribution < 1.29 is 149 Å². The first-order valence-electron chi connectivity index (χ1n) is 25.6. The van der Waals surface area contributed by atoms with Crippen LogP contribution in [0.3, 0.4) is 0 Å². The number of esters is 2. The number of aliphatic hydroxyl groups is 13. The van der Waals surface area contributed by atoms with Crippen molar-refractivity contribution in [3.05, 3.63) is 101 Å². The summed E-state index contributed by atoms with van der Waals surface area (Å²) < 4.78 is 60.8. The van der Waals surface area contributed by atoms with E-state index >= 15 is 0 Å². The zero-order valence-electron chi connectivity index (χ0n) is 43.2. The number of hydrogen-bond acceptors (Lipinski definition) is 29. The van der Waals surface area contributed by atoms with Crippen LogP contribution in [0.5, 0.6) is 46.0 Å². The molecule has 5 aliphatic heterocycles. The van der Waals surface area contributed by atoms with Crippen molar-refractivity contribution in [2.45, 2.75) is 136 Å². The Bertz CT molecular complexity index is 2920. The van der Waals surface area contributed by atoms with E-state index in [2.05, 4.69) is 4.74 Å². The van der Waals surface area contributed by atoms with Gasteiger partial charge >= 0.3 is 11.9 Å². The average Bonchev–Trinajstić information content (AvgIpc) is 3.65. The number of phenolic OH excluding ortho intramolecular Hbond substituents is 5. The molecule has 0 aromatic heterocycles. The molecule has 5 heterocycles. The lowest BCUT2D eigenvalue weighted by atomic mass is 9.98. The predicted molar refractivity (Wildman–Crippen MR) is 268 cm³/mol. The largest absolute Gasteiger partial charge is 0.571 e. The van der Waals surface area contributed by atoms with Gasteiger partial charge in [-0.25, -0.2) is 9.59 Å². The van der Waals surface area contributed by atoms with Crippen molar-refractivity contribution in [1.82, 2.24) is 0 Å². The van der Waals surface area contributed by atoms with Crippen molar-refractivity contribution >= 4 is 18.0 Å². The van der Waals surface area contributed by atoms with Crippen LogP contribution in [0.1, 0.15) is 44.9 Å². The lowest BCUT2D eigenvalue weighted by molar-refractivity contribution is -0.325. The molecule has 0 aliphatic carbocycles. The molecule has 0 bridgehead atoms. The second-order valence-electron chi connectivity index (χ2n) is 20.0. The highest BCUT2D eigenvalue weighted by atomic mass is 16.7. The normalized spacial score (nSPS) is 35.2. The van der Waals surface area contributed by atoms with E-state index in [9.17, 15) is 96.4 Å². The summed E-state index contributed by atoms with van der Waals surface area (Å²) in [6, 6.07) is 14.3. The van der Waals surface area contributed by atoms with Gasteiger partial charge in [0.15, 0.2) is 29.3 Å². The Morgan fingerprint density at radius 2 is 0.916 bits per heavy atom. The summed E-state index contributed by atoms with van der Waals surface area (Å²) in [7, 11) is 0. The van der Waals surface area contributed by atoms with E-state index in [1.54, 1.807) is 0 Å². The van der Waals surface area contributed by atoms with E-state index in [-0.39, 0.29) is 51.0 Å². The van der Waals surface area contributed by atoms with Gasteiger partial charge in [0.2, 0.25) is 18.9 Å². The number of carbonyl (C=O) groups is 2.